The number of hydrogen-bond acceptors (Lipinski definition) is 3. The van der Waals surface area contributed by atoms with Gasteiger partial charge in [-0.3, -0.25) is 4.79 Å². The second-order valence-corrected chi connectivity index (χ2v) is 5.37. The lowest BCUT2D eigenvalue weighted by Crippen LogP contribution is -2.51. The van der Waals surface area contributed by atoms with Crippen LogP contribution < -0.4 is 15.8 Å². The highest BCUT2D eigenvalue weighted by Gasteiger charge is 2.31. The average Bonchev–Trinajstić information content (AvgIpc) is 2.39. The van der Waals surface area contributed by atoms with Crippen molar-refractivity contribution in [1.29, 1.82) is 0 Å². The van der Waals surface area contributed by atoms with Gasteiger partial charge in [-0.1, -0.05) is 25.5 Å². The monoisotopic (exact) mass is 318 g/mol. The number of nitrogens with one attached hydrogen (secondary N) is 1. The molecule has 1 rings (SSSR count). The molecule has 0 fully saturated rings. The maximum Gasteiger partial charge on any atom is 0.573 e. The smallest absolute Gasteiger partial charge is 0.406 e. The molecule has 0 aromatic heterocycles. The highest BCUT2D eigenvalue weighted by atomic mass is 19.4. The first-order valence-corrected chi connectivity index (χ1v) is 7.06. The number of halogens is 3. The molecule has 7 heteroatoms. The molecule has 1 unspecified atom stereocenters. The van der Waals surface area contributed by atoms with Crippen LogP contribution in [-0.2, 0) is 11.2 Å². The van der Waals surface area contributed by atoms with Gasteiger partial charge < -0.3 is 15.8 Å². The molecule has 124 valence electrons. The molecule has 0 bridgehead atoms. The second kappa shape index (κ2) is 7.49. The molecule has 1 atom stereocenters. The van der Waals surface area contributed by atoms with Crippen LogP contribution in [0.15, 0.2) is 24.3 Å². The second-order valence-electron chi connectivity index (χ2n) is 5.37. The molecule has 4 nitrogen and oxygen atoms in total. The van der Waals surface area contributed by atoms with Crippen molar-refractivity contribution < 1.29 is 22.7 Å². The Kier molecular flexibility index (Phi) is 6.22. The molecule has 22 heavy (non-hydrogen) atoms. The topological polar surface area (TPSA) is 64.4 Å². The van der Waals surface area contributed by atoms with Crippen molar-refractivity contribution in [3.05, 3.63) is 29.8 Å². The summed E-state index contributed by atoms with van der Waals surface area (Å²) in [6.07, 6.45) is -2.80. The SMILES string of the molecule is CCCC(C)(N)C(=O)NCCc1ccc(OC(F)(F)F)cc1. The van der Waals surface area contributed by atoms with Crippen LogP contribution in [0.4, 0.5) is 13.2 Å². The van der Waals surface area contributed by atoms with Gasteiger partial charge in [-0.25, -0.2) is 0 Å². The highest BCUT2D eigenvalue weighted by molar-refractivity contribution is 5.85. The van der Waals surface area contributed by atoms with E-state index < -0.39 is 11.9 Å². The lowest BCUT2D eigenvalue weighted by atomic mass is 9.96. The number of carbonyl (C=O) groups excluding carboxylic acids is 1. The van der Waals surface area contributed by atoms with E-state index in [4.69, 9.17) is 5.73 Å². The number of ether oxygens (including phenoxy) is 1. The van der Waals surface area contributed by atoms with Crippen LogP contribution in [0, 0.1) is 0 Å². The summed E-state index contributed by atoms with van der Waals surface area (Å²) < 4.78 is 39.9. The largest absolute Gasteiger partial charge is 0.573 e. The van der Waals surface area contributed by atoms with Crippen LogP contribution >= 0.6 is 0 Å². The predicted molar refractivity (Wildman–Crippen MR) is 77.3 cm³/mol. The first-order valence-electron chi connectivity index (χ1n) is 7.06. The lowest BCUT2D eigenvalue weighted by molar-refractivity contribution is -0.274. The van der Waals surface area contributed by atoms with Crippen molar-refractivity contribution in [3.63, 3.8) is 0 Å². The summed E-state index contributed by atoms with van der Waals surface area (Å²) in [5.74, 6) is -0.496. The van der Waals surface area contributed by atoms with E-state index in [1.807, 2.05) is 6.92 Å². The lowest BCUT2D eigenvalue weighted by Gasteiger charge is -2.22. The number of nitrogens with two attached hydrogens (primary N) is 1. The van der Waals surface area contributed by atoms with Gasteiger partial charge in [0, 0.05) is 6.54 Å². The summed E-state index contributed by atoms with van der Waals surface area (Å²) >= 11 is 0. The molecular formula is C15H21F3N2O2. The van der Waals surface area contributed by atoms with Gasteiger partial charge in [0.2, 0.25) is 5.91 Å². The van der Waals surface area contributed by atoms with Crippen molar-refractivity contribution in [2.45, 2.75) is 45.0 Å². The Hall–Kier alpha value is -1.76. The van der Waals surface area contributed by atoms with Crippen LogP contribution in [0.1, 0.15) is 32.3 Å². The first-order chi connectivity index (χ1) is 10.1. The van der Waals surface area contributed by atoms with Crippen molar-refractivity contribution in [3.8, 4) is 5.75 Å². The summed E-state index contributed by atoms with van der Waals surface area (Å²) in [6, 6.07) is 5.55. The number of rotatable bonds is 7. The third kappa shape index (κ3) is 6.34. The number of hydrogen-bond donors (Lipinski definition) is 2. The van der Waals surface area contributed by atoms with E-state index >= 15 is 0 Å². The van der Waals surface area contributed by atoms with Crippen molar-refractivity contribution in [2.24, 2.45) is 5.73 Å². The van der Waals surface area contributed by atoms with Crippen LogP contribution in [0.2, 0.25) is 0 Å². The first kappa shape index (κ1) is 18.3. The summed E-state index contributed by atoms with van der Waals surface area (Å²) in [7, 11) is 0. The molecule has 0 aliphatic rings. The van der Waals surface area contributed by atoms with E-state index in [-0.39, 0.29) is 11.7 Å². The number of alkyl halides is 3. The summed E-state index contributed by atoms with van der Waals surface area (Å²) in [5.41, 5.74) is 5.79. The molecule has 0 spiro atoms. The molecule has 0 saturated heterocycles. The Morgan fingerprint density at radius 1 is 1.27 bits per heavy atom. The fourth-order valence-electron chi connectivity index (χ4n) is 2.01. The van der Waals surface area contributed by atoms with E-state index in [9.17, 15) is 18.0 Å². The third-order valence-corrected chi connectivity index (χ3v) is 3.14. The van der Waals surface area contributed by atoms with E-state index in [2.05, 4.69) is 10.1 Å². The van der Waals surface area contributed by atoms with Crippen molar-refractivity contribution in [2.75, 3.05) is 6.54 Å². The Morgan fingerprint density at radius 3 is 2.36 bits per heavy atom. The molecular weight excluding hydrogens is 297 g/mol. The molecule has 0 aliphatic heterocycles. The number of carbonyl (C=O) groups is 1. The maximum absolute atomic E-state index is 12.0. The standard InChI is InChI=1S/C15H21F3N2O2/c1-3-9-14(2,19)13(21)20-10-8-11-4-6-12(7-5-11)22-15(16,17)18/h4-7H,3,8-10,19H2,1-2H3,(H,20,21). The fraction of sp³-hybridized carbons (Fsp3) is 0.533. The van der Waals surface area contributed by atoms with E-state index in [1.165, 1.54) is 24.3 Å². The van der Waals surface area contributed by atoms with Crippen molar-refractivity contribution in [1.82, 2.24) is 5.32 Å². The van der Waals surface area contributed by atoms with Gasteiger partial charge in [0.25, 0.3) is 0 Å². The van der Waals surface area contributed by atoms with Crippen molar-refractivity contribution >= 4 is 5.91 Å². The van der Waals surface area contributed by atoms with Crippen LogP contribution in [0.5, 0.6) is 5.75 Å². The van der Waals surface area contributed by atoms with Gasteiger partial charge in [-0.05, 0) is 37.5 Å². The minimum Gasteiger partial charge on any atom is -0.406 e. The Balaban J connectivity index is 2.44. The Bertz CT molecular complexity index is 485. The summed E-state index contributed by atoms with van der Waals surface area (Å²) in [6.45, 7) is 3.99. The zero-order chi connectivity index (χ0) is 16.8. The van der Waals surface area contributed by atoms with Gasteiger partial charge in [0.1, 0.15) is 5.75 Å². The summed E-state index contributed by atoms with van der Waals surface area (Å²) in [4.78, 5) is 11.9. The van der Waals surface area contributed by atoms with Gasteiger partial charge in [0.15, 0.2) is 0 Å². The summed E-state index contributed by atoms with van der Waals surface area (Å²) in [5, 5.41) is 2.73. The molecule has 0 heterocycles. The van der Waals surface area contributed by atoms with Gasteiger partial charge in [-0.2, -0.15) is 0 Å². The zero-order valence-corrected chi connectivity index (χ0v) is 12.7. The molecule has 3 N–H and O–H groups in total. The van der Waals surface area contributed by atoms with Crippen LogP contribution in [-0.4, -0.2) is 24.4 Å². The minimum atomic E-state index is -4.69. The average molecular weight is 318 g/mol. The fourth-order valence-corrected chi connectivity index (χ4v) is 2.01. The molecule has 0 saturated carbocycles. The molecule has 1 aromatic rings. The van der Waals surface area contributed by atoms with Crippen LogP contribution in [0.25, 0.3) is 0 Å². The molecule has 0 aliphatic carbocycles. The Morgan fingerprint density at radius 2 is 1.86 bits per heavy atom. The molecule has 1 aromatic carbocycles. The van der Waals surface area contributed by atoms with Gasteiger partial charge in [-0.15, -0.1) is 13.2 Å². The van der Waals surface area contributed by atoms with E-state index in [0.717, 1.165) is 12.0 Å². The predicted octanol–water partition coefficient (Wildman–Crippen LogP) is 2.76. The zero-order valence-electron chi connectivity index (χ0n) is 12.7. The Labute approximate surface area is 127 Å². The highest BCUT2D eigenvalue weighted by Crippen LogP contribution is 2.22. The third-order valence-electron chi connectivity index (χ3n) is 3.14. The quantitative estimate of drug-likeness (QED) is 0.812. The number of benzene rings is 1. The van der Waals surface area contributed by atoms with Gasteiger partial charge >= 0.3 is 6.36 Å². The minimum absolute atomic E-state index is 0.230. The normalized spacial score (nSPS) is 14.3. The van der Waals surface area contributed by atoms with E-state index in [1.54, 1.807) is 6.92 Å². The van der Waals surface area contributed by atoms with Gasteiger partial charge in [0.05, 0.1) is 5.54 Å². The number of amides is 1. The van der Waals surface area contributed by atoms with Crippen LogP contribution in [0.3, 0.4) is 0 Å². The molecule has 0 radical (unpaired) electrons. The maximum atomic E-state index is 12.0. The van der Waals surface area contributed by atoms with E-state index in [0.29, 0.717) is 19.4 Å². The molecule has 1 amide bonds.